The molecule has 0 bridgehead atoms. The van der Waals surface area contributed by atoms with Crippen LogP contribution in [0.5, 0.6) is 5.75 Å². The minimum absolute atomic E-state index is 0.0232. The summed E-state index contributed by atoms with van der Waals surface area (Å²) in [5, 5.41) is 10.9. The van der Waals surface area contributed by atoms with Crippen molar-refractivity contribution < 1.29 is 28.5 Å². The van der Waals surface area contributed by atoms with E-state index in [2.05, 4.69) is 0 Å². The van der Waals surface area contributed by atoms with Crippen LogP contribution < -0.4 is 4.52 Å². The summed E-state index contributed by atoms with van der Waals surface area (Å²) in [7, 11) is -2.00. The summed E-state index contributed by atoms with van der Waals surface area (Å²) < 4.78 is 26.6. The van der Waals surface area contributed by atoms with E-state index >= 15 is 0 Å². The molecule has 8 heteroatoms. The zero-order valence-electron chi connectivity index (χ0n) is 18.2. The van der Waals surface area contributed by atoms with Gasteiger partial charge < -0.3 is 14.4 Å². The van der Waals surface area contributed by atoms with Crippen molar-refractivity contribution in [2.45, 2.75) is 26.1 Å². The number of rotatable bonds is 9. The van der Waals surface area contributed by atoms with Gasteiger partial charge in [-0.15, -0.1) is 0 Å². The fraction of sp³-hybridized carbons (Fsp3) is 0.250. The SMILES string of the molecule is CCOC(=O)[C@H](C)N(C)P(=O)(Cc1ccc2ccc(C(=O)O)cc2c1)Oc1ccccc1. The van der Waals surface area contributed by atoms with E-state index < -0.39 is 25.5 Å². The van der Waals surface area contributed by atoms with E-state index in [4.69, 9.17) is 9.26 Å². The van der Waals surface area contributed by atoms with E-state index in [0.717, 1.165) is 10.8 Å². The van der Waals surface area contributed by atoms with Gasteiger partial charge in [-0.25, -0.2) is 9.46 Å². The molecule has 0 aliphatic heterocycles. The van der Waals surface area contributed by atoms with Gasteiger partial charge in [0.1, 0.15) is 11.8 Å². The van der Waals surface area contributed by atoms with Gasteiger partial charge in [-0.3, -0.25) is 9.36 Å². The van der Waals surface area contributed by atoms with Gasteiger partial charge in [0.25, 0.3) is 0 Å². The number of hydrogen-bond acceptors (Lipinski definition) is 5. The van der Waals surface area contributed by atoms with Gasteiger partial charge in [0.05, 0.1) is 18.3 Å². The number of hydrogen-bond donors (Lipinski definition) is 1. The lowest BCUT2D eigenvalue weighted by molar-refractivity contribution is -0.146. The zero-order chi connectivity index (χ0) is 23.3. The molecule has 32 heavy (non-hydrogen) atoms. The van der Waals surface area contributed by atoms with E-state index in [1.165, 1.54) is 4.67 Å². The number of ether oxygens (including phenoxy) is 1. The molecular formula is C24H26NO6P. The summed E-state index contributed by atoms with van der Waals surface area (Å²) in [6, 6.07) is 18.3. The number of esters is 1. The molecule has 168 valence electrons. The maximum Gasteiger partial charge on any atom is 0.335 e. The van der Waals surface area contributed by atoms with Crippen molar-refractivity contribution in [3.05, 3.63) is 77.9 Å². The van der Waals surface area contributed by atoms with Gasteiger partial charge in [0, 0.05) is 0 Å². The number of carboxylic acid groups (broad SMARTS) is 1. The molecular weight excluding hydrogens is 429 g/mol. The molecule has 0 heterocycles. The fourth-order valence-electron chi connectivity index (χ4n) is 3.29. The van der Waals surface area contributed by atoms with Gasteiger partial charge in [-0.2, -0.15) is 0 Å². The number of para-hydroxylation sites is 1. The van der Waals surface area contributed by atoms with Crippen LogP contribution in [0.2, 0.25) is 0 Å². The smallest absolute Gasteiger partial charge is 0.335 e. The molecule has 0 aliphatic carbocycles. The van der Waals surface area contributed by atoms with Crippen LogP contribution >= 0.6 is 7.52 Å². The fourth-order valence-corrected chi connectivity index (χ4v) is 5.44. The average molecular weight is 455 g/mol. The third-order valence-corrected chi connectivity index (χ3v) is 7.76. The monoisotopic (exact) mass is 455 g/mol. The van der Waals surface area contributed by atoms with Crippen molar-refractivity contribution in [2.75, 3.05) is 13.7 Å². The summed E-state index contributed by atoms with van der Waals surface area (Å²) in [6.07, 6.45) is 0.0232. The highest BCUT2D eigenvalue weighted by Crippen LogP contribution is 2.54. The third-order valence-electron chi connectivity index (χ3n) is 5.19. The van der Waals surface area contributed by atoms with Crippen molar-refractivity contribution in [1.29, 1.82) is 0 Å². The minimum atomic E-state index is -3.58. The summed E-state index contributed by atoms with van der Waals surface area (Å²) in [6.45, 7) is 3.56. The second-order valence-corrected chi connectivity index (χ2v) is 9.81. The van der Waals surface area contributed by atoms with Crippen LogP contribution in [0, 0.1) is 0 Å². The Labute approximate surface area is 187 Å². The molecule has 0 fully saturated rings. The minimum Gasteiger partial charge on any atom is -0.478 e. The summed E-state index contributed by atoms with van der Waals surface area (Å²) in [5.41, 5.74) is 0.869. The number of nitrogens with zero attached hydrogens (tertiary/aromatic N) is 1. The quantitative estimate of drug-likeness (QED) is 0.350. The molecule has 3 aromatic carbocycles. The first kappa shape index (κ1) is 23.5. The topological polar surface area (TPSA) is 93.1 Å². The van der Waals surface area contributed by atoms with Crippen molar-refractivity contribution >= 4 is 30.2 Å². The molecule has 7 nitrogen and oxygen atoms in total. The van der Waals surface area contributed by atoms with E-state index in [1.54, 1.807) is 69.4 Å². The first-order valence-corrected chi connectivity index (χ1v) is 12.0. The number of fused-ring (bicyclic) bond motifs is 1. The Bertz CT molecular complexity index is 1160. The lowest BCUT2D eigenvalue weighted by atomic mass is 10.0. The van der Waals surface area contributed by atoms with Crippen LogP contribution in [0.15, 0.2) is 66.7 Å². The van der Waals surface area contributed by atoms with E-state index in [-0.39, 0.29) is 18.3 Å². The second kappa shape index (κ2) is 9.98. The van der Waals surface area contributed by atoms with Crippen LogP contribution in [0.1, 0.15) is 29.8 Å². The Balaban J connectivity index is 1.98. The number of benzene rings is 3. The van der Waals surface area contributed by atoms with Crippen LogP contribution in [0.4, 0.5) is 0 Å². The molecule has 0 saturated carbocycles. The maximum atomic E-state index is 14.1. The number of carbonyl (C=O) groups excluding carboxylic acids is 1. The highest BCUT2D eigenvalue weighted by Gasteiger charge is 2.37. The van der Waals surface area contributed by atoms with Crippen molar-refractivity contribution in [1.82, 2.24) is 4.67 Å². The molecule has 0 saturated heterocycles. The summed E-state index contributed by atoms with van der Waals surface area (Å²) >= 11 is 0. The Kier molecular flexibility index (Phi) is 7.33. The molecule has 0 aliphatic rings. The predicted molar refractivity (Wildman–Crippen MR) is 123 cm³/mol. The Morgan fingerprint density at radius 1 is 1.03 bits per heavy atom. The van der Waals surface area contributed by atoms with Crippen LogP contribution in [0.25, 0.3) is 10.8 Å². The summed E-state index contributed by atoms with van der Waals surface area (Å²) in [5.74, 6) is -1.08. The lowest BCUT2D eigenvalue weighted by Gasteiger charge is -2.31. The number of aromatic carboxylic acids is 1. The van der Waals surface area contributed by atoms with E-state index in [1.807, 2.05) is 18.2 Å². The highest BCUT2D eigenvalue weighted by atomic mass is 31.2. The molecule has 3 aromatic rings. The molecule has 2 atom stereocenters. The van der Waals surface area contributed by atoms with Crippen molar-refractivity contribution in [3.63, 3.8) is 0 Å². The molecule has 0 spiro atoms. The van der Waals surface area contributed by atoms with E-state index in [0.29, 0.717) is 11.3 Å². The molecule has 0 radical (unpaired) electrons. The van der Waals surface area contributed by atoms with Gasteiger partial charge in [0.2, 0.25) is 0 Å². The zero-order valence-corrected chi connectivity index (χ0v) is 19.1. The number of likely N-dealkylation sites (N-methyl/N-ethyl adjacent to an activating group) is 1. The average Bonchev–Trinajstić information content (AvgIpc) is 2.78. The third kappa shape index (κ3) is 5.36. The Morgan fingerprint density at radius 2 is 1.72 bits per heavy atom. The van der Waals surface area contributed by atoms with Gasteiger partial charge >= 0.3 is 19.5 Å². The maximum absolute atomic E-state index is 14.1. The molecule has 0 amide bonds. The Morgan fingerprint density at radius 3 is 2.38 bits per heavy atom. The predicted octanol–water partition coefficient (Wildman–Crippen LogP) is 5.19. The van der Waals surface area contributed by atoms with Crippen LogP contribution in [-0.2, 0) is 20.3 Å². The molecule has 3 rings (SSSR count). The van der Waals surface area contributed by atoms with Crippen LogP contribution in [-0.4, -0.2) is 41.4 Å². The normalized spacial score (nSPS) is 14.0. The summed E-state index contributed by atoms with van der Waals surface area (Å²) in [4.78, 5) is 23.6. The highest BCUT2D eigenvalue weighted by molar-refractivity contribution is 7.56. The standard InChI is InChI=1S/C24H26NO6P/c1-4-30-24(28)17(2)25(3)32(29,31-22-8-6-5-7-9-22)16-18-10-11-19-12-13-20(23(26)27)15-21(19)14-18/h5-15,17H,4,16H2,1-3H3,(H,26,27)/t17-,32?/m0/s1. The second-order valence-electron chi connectivity index (χ2n) is 7.40. The van der Waals surface area contributed by atoms with Crippen molar-refractivity contribution in [3.8, 4) is 5.75 Å². The largest absolute Gasteiger partial charge is 0.478 e. The van der Waals surface area contributed by atoms with Crippen LogP contribution in [0.3, 0.4) is 0 Å². The first-order chi connectivity index (χ1) is 15.2. The Hall–Kier alpha value is -3.15. The number of carboxylic acids is 1. The first-order valence-electron chi connectivity index (χ1n) is 10.2. The van der Waals surface area contributed by atoms with Gasteiger partial charge in [-0.05, 0) is 61.5 Å². The molecule has 1 unspecified atom stereocenters. The molecule has 0 aromatic heterocycles. The van der Waals surface area contributed by atoms with Gasteiger partial charge in [0.15, 0.2) is 0 Å². The van der Waals surface area contributed by atoms with Crippen molar-refractivity contribution in [2.24, 2.45) is 0 Å². The molecule has 1 N–H and O–H groups in total. The number of carbonyl (C=O) groups is 2. The van der Waals surface area contributed by atoms with Gasteiger partial charge in [-0.1, -0.05) is 42.5 Å². The van der Waals surface area contributed by atoms with E-state index in [9.17, 15) is 19.3 Å². The lowest BCUT2D eigenvalue weighted by Crippen LogP contribution is -2.36.